The van der Waals surface area contributed by atoms with Crippen LogP contribution in [0.2, 0.25) is 0 Å². The zero-order valence-corrected chi connectivity index (χ0v) is 15.7. The number of hydrogen-bond acceptors (Lipinski definition) is 2. The van der Waals surface area contributed by atoms with E-state index >= 15 is 0 Å². The molecule has 0 aliphatic heterocycles. The third kappa shape index (κ3) is 3.67. The van der Waals surface area contributed by atoms with Gasteiger partial charge >= 0.3 is 0 Å². The van der Waals surface area contributed by atoms with Crippen molar-refractivity contribution in [1.29, 1.82) is 0 Å². The Morgan fingerprint density at radius 2 is 1.85 bits per heavy atom. The lowest BCUT2D eigenvalue weighted by Crippen LogP contribution is -2.27. The van der Waals surface area contributed by atoms with E-state index in [4.69, 9.17) is 0 Å². The Bertz CT molecular complexity index is 954. The van der Waals surface area contributed by atoms with Crippen LogP contribution in [0.4, 0.5) is 8.78 Å². The first-order valence-electron chi connectivity index (χ1n) is 7.93. The SMILES string of the molecule is Cc1c(C(=O)NC(C)c2ccc(F)c(F)c2)cnn1-c1ccc(Br)cc1. The van der Waals surface area contributed by atoms with Crippen molar-refractivity contribution in [2.24, 2.45) is 0 Å². The first kappa shape index (κ1) is 18.3. The van der Waals surface area contributed by atoms with E-state index < -0.39 is 17.7 Å². The minimum Gasteiger partial charge on any atom is -0.345 e. The summed E-state index contributed by atoms with van der Waals surface area (Å²) in [5.74, 6) is -2.19. The van der Waals surface area contributed by atoms with E-state index in [1.807, 2.05) is 24.3 Å². The molecule has 1 N–H and O–H groups in total. The standard InChI is InChI=1S/C19H16BrF2N3O/c1-11(13-3-8-17(21)18(22)9-13)24-19(26)16-10-23-25(12(16)2)15-6-4-14(20)5-7-15/h3-11H,1-2H3,(H,24,26). The van der Waals surface area contributed by atoms with Crippen LogP contribution in [-0.4, -0.2) is 15.7 Å². The van der Waals surface area contributed by atoms with Crippen molar-refractivity contribution in [3.63, 3.8) is 0 Å². The quantitative estimate of drug-likeness (QED) is 0.665. The second-order valence-electron chi connectivity index (χ2n) is 5.90. The third-order valence-corrected chi connectivity index (χ3v) is 4.65. The highest BCUT2D eigenvalue weighted by Gasteiger charge is 2.18. The lowest BCUT2D eigenvalue weighted by Gasteiger charge is -2.14. The maximum absolute atomic E-state index is 13.4. The number of nitrogens with one attached hydrogen (secondary N) is 1. The monoisotopic (exact) mass is 419 g/mol. The Balaban J connectivity index is 1.80. The first-order chi connectivity index (χ1) is 12.4. The summed E-state index contributed by atoms with van der Waals surface area (Å²) in [5, 5.41) is 7.06. The summed E-state index contributed by atoms with van der Waals surface area (Å²) >= 11 is 3.38. The fraction of sp³-hybridized carbons (Fsp3) is 0.158. The highest BCUT2D eigenvalue weighted by molar-refractivity contribution is 9.10. The van der Waals surface area contributed by atoms with Gasteiger partial charge in [0.2, 0.25) is 0 Å². The molecule has 0 fully saturated rings. The van der Waals surface area contributed by atoms with Crippen molar-refractivity contribution in [2.45, 2.75) is 19.9 Å². The largest absolute Gasteiger partial charge is 0.345 e. The van der Waals surface area contributed by atoms with Gasteiger partial charge < -0.3 is 5.32 Å². The molecule has 1 amide bonds. The molecule has 0 aliphatic carbocycles. The number of rotatable bonds is 4. The predicted octanol–water partition coefficient (Wildman–Crippen LogP) is 4.71. The molecule has 4 nitrogen and oxygen atoms in total. The van der Waals surface area contributed by atoms with Crippen molar-refractivity contribution < 1.29 is 13.6 Å². The minimum atomic E-state index is -0.942. The number of halogens is 3. The van der Waals surface area contributed by atoms with Crippen LogP contribution < -0.4 is 5.32 Å². The third-order valence-electron chi connectivity index (χ3n) is 4.12. The maximum atomic E-state index is 13.4. The summed E-state index contributed by atoms with van der Waals surface area (Å²) in [6.45, 7) is 3.51. The number of carbonyl (C=O) groups excluding carboxylic acids is 1. The van der Waals surface area contributed by atoms with E-state index in [1.54, 1.807) is 18.5 Å². The molecule has 1 unspecified atom stereocenters. The number of hydrogen-bond donors (Lipinski definition) is 1. The molecule has 134 valence electrons. The molecule has 0 radical (unpaired) electrons. The molecule has 1 atom stereocenters. The molecule has 26 heavy (non-hydrogen) atoms. The predicted molar refractivity (Wildman–Crippen MR) is 98.2 cm³/mol. The van der Waals surface area contributed by atoms with Crippen LogP contribution in [0.5, 0.6) is 0 Å². The van der Waals surface area contributed by atoms with Gasteiger partial charge in [0.25, 0.3) is 5.91 Å². The van der Waals surface area contributed by atoms with Gasteiger partial charge in [0.05, 0.1) is 29.2 Å². The van der Waals surface area contributed by atoms with E-state index in [0.717, 1.165) is 22.3 Å². The van der Waals surface area contributed by atoms with Gasteiger partial charge in [-0.1, -0.05) is 22.0 Å². The molecule has 0 saturated carbocycles. The van der Waals surface area contributed by atoms with Gasteiger partial charge in [0.15, 0.2) is 11.6 Å². The Morgan fingerprint density at radius 1 is 1.15 bits per heavy atom. The van der Waals surface area contributed by atoms with Crippen molar-refractivity contribution in [3.8, 4) is 5.69 Å². The Kier molecular flexibility index (Phi) is 5.18. The van der Waals surface area contributed by atoms with Crippen LogP contribution in [0.15, 0.2) is 53.1 Å². The molecule has 7 heteroatoms. The number of amides is 1. The second kappa shape index (κ2) is 7.37. The van der Waals surface area contributed by atoms with Gasteiger partial charge in [-0.25, -0.2) is 13.5 Å². The summed E-state index contributed by atoms with van der Waals surface area (Å²) in [6, 6.07) is 10.6. The molecule has 0 spiro atoms. The summed E-state index contributed by atoms with van der Waals surface area (Å²) < 4.78 is 29.1. The van der Waals surface area contributed by atoms with Gasteiger partial charge in [0, 0.05) is 4.47 Å². The molecule has 0 aliphatic rings. The number of aromatic nitrogens is 2. The number of nitrogens with zero attached hydrogens (tertiary/aromatic N) is 2. The summed E-state index contributed by atoms with van der Waals surface area (Å²) in [4.78, 5) is 12.6. The average Bonchev–Trinajstić information content (AvgIpc) is 2.99. The van der Waals surface area contributed by atoms with Gasteiger partial charge in [-0.3, -0.25) is 4.79 Å². The number of carbonyl (C=O) groups is 1. The van der Waals surface area contributed by atoms with Crippen molar-refractivity contribution in [1.82, 2.24) is 15.1 Å². The lowest BCUT2D eigenvalue weighted by atomic mass is 10.1. The number of benzene rings is 2. The van der Waals surface area contributed by atoms with Gasteiger partial charge in [0.1, 0.15) is 0 Å². The Hall–Kier alpha value is -2.54. The van der Waals surface area contributed by atoms with E-state index in [9.17, 15) is 13.6 Å². The van der Waals surface area contributed by atoms with Gasteiger partial charge in [-0.15, -0.1) is 0 Å². The van der Waals surface area contributed by atoms with Crippen LogP contribution in [0.25, 0.3) is 5.69 Å². The van der Waals surface area contributed by atoms with E-state index in [1.165, 1.54) is 12.3 Å². The molecular weight excluding hydrogens is 404 g/mol. The minimum absolute atomic E-state index is 0.330. The van der Waals surface area contributed by atoms with Crippen molar-refractivity contribution in [3.05, 3.63) is 81.6 Å². The molecule has 3 aromatic rings. The summed E-state index contributed by atoms with van der Waals surface area (Å²) in [7, 11) is 0. The fourth-order valence-electron chi connectivity index (χ4n) is 2.61. The van der Waals surface area contributed by atoms with Crippen LogP contribution in [0.1, 0.15) is 34.6 Å². The van der Waals surface area contributed by atoms with E-state index in [-0.39, 0.29) is 5.91 Å². The van der Waals surface area contributed by atoms with Crippen LogP contribution >= 0.6 is 15.9 Å². The van der Waals surface area contributed by atoms with Crippen molar-refractivity contribution >= 4 is 21.8 Å². The summed E-state index contributed by atoms with van der Waals surface area (Å²) in [6.07, 6.45) is 1.49. The van der Waals surface area contributed by atoms with Crippen LogP contribution in [0.3, 0.4) is 0 Å². The van der Waals surface area contributed by atoms with Crippen LogP contribution in [0, 0.1) is 18.6 Å². The molecule has 0 saturated heterocycles. The second-order valence-corrected chi connectivity index (χ2v) is 6.82. The molecule has 2 aromatic carbocycles. The molecule has 0 bridgehead atoms. The maximum Gasteiger partial charge on any atom is 0.255 e. The molecular formula is C19H16BrF2N3O. The fourth-order valence-corrected chi connectivity index (χ4v) is 2.88. The molecule has 3 rings (SSSR count). The normalized spacial score (nSPS) is 12.0. The van der Waals surface area contributed by atoms with Gasteiger partial charge in [-0.05, 0) is 55.8 Å². The zero-order valence-electron chi connectivity index (χ0n) is 14.1. The van der Waals surface area contributed by atoms with E-state index in [0.29, 0.717) is 16.8 Å². The van der Waals surface area contributed by atoms with E-state index in [2.05, 4.69) is 26.3 Å². The van der Waals surface area contributed by atoms with Gasteiger partial charge in [-0.2, -0.15) is 5.10 Å². The topological polar surface area (TPSA) is 46.9 Å². The zero-order chi connectivity index (χ0) is 18.8. The Labute approximate surface area is 158 Å². The smallest absolute Gasteiger partial charge is 0.255 e. The highest BCUT2D eigenvalue weighted by atomic mass is 79.9. The highest BCUT2D eigenvalue weighted by Crippen LogP contribution is 2.19. The Morgan fingerprint density at radius 3 is 2.50 bits per heavy atom. The summed E-state index contributed by atoms with van der Waals surface area (Å²) in [5.41, 5.74) is 2.42. The lowest BCUT2D eigenvalue weighted by molar-refractivity contribution is 0.0939. The first-order valence-corrected chi connectivity index (χ1v) is 8.72. The molecule has 1 aromatic heterocycles. The van der Waals surface area contributed by atoms with Crippen molar-refractivity contribution in [2.75, 3.05) is 0 Å². The average molecular weight is 420 g/mol. The van der Waals surface area contributed by atoms with Crippen LogP contribution in [-0.2, 0) is 0 Å². The molecule has 1 heterocycles.